The summed E-state index contributed by atoms with van der Waals surface area (Å²) in [6.07, 6.45) is 1.88. The molecule has 0 spiro atoms. The Bertz CT molecular complexity index is 277. The normalized spacial score (nSPS) is 12.1. The SMILES string of the molecule is NC(=O)C(O)CNc1ncccn1. The lowest BCUT2D eigenvalue weighted by Crippen LogP contribution is -2.34. The summed E-state index contributed by atoms with van der Waals surface area (Å²) in [7, 11) is 0. The first kappa shape index (κ1) is 9.40. The van der Waals surface area contributed by atoms with Crippen molar-refractivity contribution >= 4 is 11.9 Å². The van der Waals surface area contributed by atoms with Gasteiger partial charge < -0.3 is 16.2 Å². The van der Waals surface area contributed by atoms with E-state index in [1.54, 1.807) is 18.5 Å². The number of carbonyl (C=O) groups excluding carboxylic acids is 1. The molecule has 6 nitrogen and oxygen atoms in total. The predicted molar refractivity (Wildman–Crippen MR) is 45.7 cm³/mol. The van der Waals surface area contributed by atoms with Crippen LogP contribution in [0.4, 0.5) is 5.95 Å². The van der Waals surface area contributed by atoms with Crippen LogP contribution in [0.25, 0.3) is 0 Å². The molecule has 4 N–H and O–H groups in total. The topological polar surface area (TPSA) is 101 Å². The van der Waals surface area contributed by atoms with Crippen molar-refractivity contribution in [2.45, 2.75) is 6.10 Å². The number of aromatic nitrogens is 2. The first-order chi connectivity index (χ1) is 6.20. The van der Waals surface area contributed by atoms with E-state index in [4.69, 9.17) is 10.8 Å². The Morgan fingerprint density at radius 1 is 1.62 bits per heavy atom. The van der Waals surface area contributed by atoms with Crippen molar-refractivity contribution in [3.63, 3.8) is 0 Å². The highest BCUT2D eigenvalue weighted by atomic mass is 16.3. The second-order valence-electron chi connectivity index (χ2n) is 2.37. The molecule has 0 aliphatic heterocycles. The fourth-order valence-corrected chi connectivity index (χ4v) is 0.679. The zero-order valence-corrected chi connectivity index (χ0v) is 6.84. The lowest BCUT2D eigenvalue weighted by Gasteiger charge is -2.06. The van der Waals surface area contributed by atoms with Gasteiger partial charge in [0.05, 0.1) is 6.54 Å². The number of hydrogen-bond acceptors (Lipinski definition) is 5. The molecule has 1 amide bonds. The van der Waals surface area contributed by atoms with Gasteiger partial charge in [-0.3, -0.25) is 4.79 Å². The van der Waals surface area contributed by atoms with Gasteiger partial charge in [0.25, 0.3) is 0 Å². The molecule has 1 rings (SSSR count). The maximum atomic E-state index is 10.4. The number of amides is 1. The van der Waals surface area contributed by atoms with E-state index in [1.165, 1.54) is 0 Å². The molecular weight excluding hydrogens is 172 g/mol. The summed E-state index contributed by atoms with van der Waals surface area (Å²) in [5.74, 6) is -0.425. The maximum absolute atomic E-state index is 10.4. The van der Waals surface area contributed by atoms with E-state index in [9.17, 15) is 4.79 Å². The Labute approximate surface area is 74.8 Å². The van der Waals surface area contributed by atoms with Gasteiger partial charge in [-0.15, -0.1) is 0 Å². The second-order valence-corrected chi connectivity index (χ2v) is 2.37. The molecule has 1 heterocycles. The van der Waals surface area contributed by atoms with E-state index in [2.05, 4.69) is 15.3 Å². The molecule has 6 heteroatoms. The van der Waals surface area contributed by atoms with Crippen molar-refractivity contribution in [2.24, 2.45) is 5.73 Å². The molecule has 1 aromatic rings. The van der Waals surface area contributed by atoms with Crippen LogP contribution in [0.15, 0.2) is 18.5 Å². The minimum atomic E-state index is -1.22. The molecule has 0 bridgehead atoms. The number of aliphatic hydroxyl groups is 1. The number of aliphatic hydroxyl groups excluding tert-OH is 1. The van der Waals surface area contributed by atoms with Gasteiger partial charge >= 0.3 is 0 Å². The zero-order valence-electron chi connectivity index (χ0n) is 6.84. The monoisotopic (exact) mass is 182 g/mol. The molecular formula is C7H10N4O2. The van der Waals surface area contributed by atoms with Crippen LogP contribution in [0.2, 0.25) is 0 Å². The van der Waals surface area contributed by atoms with Gasteiger partial charge in [0.2, 0.25) is 11.9 Å². The first-order valence-corrected chi connectivity index (χ1v) is 3.68. The van der Waals surface area contributed by atoms with Crippen LogP contribution in [-0.2, 0) is 4.79 Å². The first-order valence-electron chi connectivity index (χ1n) is 3.68. The van der Waals surface area contributed by atoms with Gasteiger partial charge in [0.15, 0.2) is 0 Å². The van der Waals surface area contributed by atoms with Crippen LogP contribution in [0.3, 0.4) is 0 Å². The number of anilines is 1. The van der Waals surface area contributed by atoms with E-state index in [0.29, 0.717) is 5.95 Å². The van der Waals surface area contributed by atoms with Crippen molar-refractivity contribution in [1.82, 2.24) is 9.97 Å². The minimum Gasteiger partial charge on any atom is -0.381 e. The average Bonchev–Trinajstić information content (AvgIpc) is 2.15. The minimum absolute atomic E-state index is 0.0132. The lowest BCUT2D eigenvalue weighted by molar-refractivity contribution is -0.125. The van der Waals surface area contributed by atoms with E-state index in [-0.39, 0.29) is 6.54 Å². The van der Waals surface area contributed by atoms with Crippen molar-refractivity contribution in [1.29, 1.82) is 0 Å². The molecule has 0 aromatic carbocycles. The number of rotatable bonds is 4. The standard InChI is InChI=1S/C7H10N4O2/c8-6(13)5(12)4-11-7-9-2-1-3-10-7/h1-3,5,12H,4H2,(H2,8,13)(H,9,10,11). The highest BCUT2D eigenvalue weighted by Crippen LogP contribution is 1.93. The van der Waals surface area contributed by atoms with Crippen molar-refractivity contribution in [3.05, 3.63) is 18.5 Å². The number of nitrogens with zero attached hydrogens (tertiary/aromatic N) is 2. The van der Waals surface area contributed by atoms with Crippen molar-refractivity contribution in [2.75, 3.05) is 11.9 Å². The van der Waals surface area contributed by atoms with E-state index in [0.717, 1.165) is 0 Å². The van der Waals surface area contributed by atoms with Gasteiger partial charge in [0, 0.05) is 12.4 Å². The highest BCUT2D eigenvalue weighted by Gasteiger charge is 2.09. The fraction of sp³-hybridized carbons (Fsp3) is 0.286. The number of hydrogen-bond donors (Lipinski definition) is 3. The molecule has 0 saturated carbocycles. The summed E-state index contributed by atoms with van der Waals surface area (Å²) < 4.78 is 0. The van der Waals surface area contributed by atoms with Crippen LogP contribution >= 0.6 is 0 Å². The van der Waals surface area contributed by atoms with Gasteiger partial charge in [-0.25, -0.2) is 9.97 Å². The van der Waals surface area contributed by atoms with Crippen LogP contribution in [-0.4, -0.2) is 33.6 Å². The van der Waals surface area contributed by atoms with Gasteiger partial charge in [-0.1, -0.05) is 0 Å². The molecule has 1 aromatic heterocycles. The third kappa shape index (κ3) is 3.04. The molecule has 0 radical (unpaired) electrons. The summed E-state index contributed by atoms with van der Waals surface area (Å²) in [6, 6.07) is 1.66. The number of primary amides is 1. The summed E-state index contributed by atoms with van der Waals surface area (Å²) in [4.78, 5) is 18.1. The van der Waals surface area contributed by atoms with Crippen LogP contribution in [0.5, 0.6) is 0 Å². The average molecular weight is 182 g/mol. The summed E-state index contributed by atoms with van der Waals surface area (Å²) in [5, 5.41) is 11.6. The lowest BCUT2D eigenvalue weighted by atomic mass is 10.3. The van der Waals surface area contributed by atoms with Crippen molar-refractivity contribution < 1.29 is 9.90 Å². The van der Waals surface area contributed by atoms with Gasteiger partial charge in [0.1, 0.15) is 6.10 Å². The van der Waals surface area contributed by atoms with Crippen LogP contribution in [0, 0.1) is 0 Å². The van der Waals surface area contributed by atoms with Crippen molar-refractivity contribution in [3.8, 4) is 0 Å². The zero-order chi connectivity index (χ0) is 9.68. The van der Waals surface area contributed by atoms with Gasteiger partial charge in [-0.2, -0.15) is 0 Å². The summed E-state index contributed by atoms with van der Waals surface area (Å²) in [5.41, 5.74) is 4.83. The molecule has 0 aliphatic carbocycles. The third-order valence-electron chi connectivity index (χ3n) is 1.35. The summed E-state index contributed by atoms with van der Waals surface area (Å²) in [6.45, 7) is 0.0132. The van der Waals surface area contributed by atoms with E-state index < -0.39 is 12.0 Å². The Kier molecular flexibility index (Phi) is 3.15. The molecule has 0 fully saturated rings. The number of carbonyl (C=O) groups is 1. The molecule has 1 atom stereocenters. The molecule has 70 valence electrons. The predicted octanol–water partition coefficient (Wildman–Crippen LogP) is -1.27. The Hall–Kier alpha value is -1.69. The summed E-state index contributed by atoms with van der Waals surface area (Å²) >= 11 is 0. The Morgan fingerprint density at radius 3 is 2.77 bits per heavy atom. The maximum Gasteiger partial charge on any atom is 0.248 e. The fourth-order valence-electron chi connectivity index (χ4n) is 0.679. The van der Waals surface area contributed by atoms with E-state index in [1.807, 2.05) is 0 Å². The molecule has 13 heavy (non-hydrogen) atoms. The quantitative estimate of drug-likeness (QED) is 0.539. The van der Waals surface area contributed by atoms with Crippen LogP contribution < -0.4 is 11.1 Å². The second kappa shape index (κ2) is 4.36. The highest BCUT2D eigenvalue weighted by molar-refractivity contribution is 5.79. The third-order valence-corrected chi connectivity index (χ3v) is 1.35. The van der Waals surface area contributed by atoms with E-state index >= 15 is 0 Å². The molecule has 1 unspecified atom stereocenters. The molecule has 0 saturated heterocycles. The molecule has 0 aliphatic rings. The smallest absolute Gasteiger partial charge is 0.248 e. The Morgan fingerprint density at radius 2 is 2.23 bits per heavy atom. The van der Waals surface area contributed by atoms with Gasteiger partial charge in [-0.05, 0) is 6.07 Å². The Balaban J connectivity index is 2.39. The number of nitrogens with two attached hydrogens (primary N) is 1. The number of nitrogens with one attached hydrogen (secondary N) is 1. The van der Waals surface area contributed by atoms with Crippen LogP contribution in [0.1, 0.15) is 0 Å². The largest absolute Gasteiger partial charge is 0.381 e.